The molecule has 0 unspecified atom stereocenters. The molecule has 0 amide bonds. The summed E-state index contributed by atoms with van der Waals surface area (Å²) in [5.74, 6) is 0. The normalized spacial score (nSPS) is 11.1. The van der Waals surface area contributed by atoms with Gasteiger partial charge < -0.3 is 5.73 Å². The quantitative estimate of drug-likeness (QED) is 0.857. The molecule has 0 bridgehead atoms. The van der Waals surface area contributed by atoms with E-state index < -0.39 is 0 Å². The summed E-state index contributed by atoms with van der Waals surface area (Å²) < 4.78 is 2.85. The Morgan fingerprint density at radius 3 is 2.93 bits per heavy atom. The summed E-state index contributed by atoms with van der Waals surface area (Å²) >= 11 is 1.30. The molecule has 1 heterocycles. The third-order valence-electron chi connectivity index (χ3n) is 2.50. The minimum atomic E-state index is 0.0938. The SMILES string of the molecule is CCc1cccc2sc(=O)n(CCN)c12. The van der Waals surface area contributed by atoms with E-state index in [0.717, 1.165) is 16.6 Å². The first-order valence-corrected chi connectivity index (χ1v) is 5.91. The molecule has 0 aliphatic rings. The minimum absolute atomic E-state index is 0.0938. The lowest BCUT2D eigenvalue weighted by Crippen LogP contribution is -2.19. The molecule has 0 spiro atoms. The standard InChI is InChI=1S/C11H14N2OS/c1-2-8-4-3-5-9-10(8)13(7-6-12)11(14)15-9/h3-5H,2,6-7,12H2,1H3. The third kappa shape index (κ3) is 1.70. The number of aromatic nitrogens is 1. The molecule has 3 nitrogen and oxygen atoms in total. The Bertz CT molecular complexity index is 527. The summed E-state index contributed by atoms with van der Waals surface area (Å²) in [4.78, 5) is 11.8. The second-order valence-corrected chi connectivity index (χ2v) is 4.42. The number of hydrogen-bond donors (Lipinski definition) is 1. The van der Waals surface area contributed by atoms with Crippen molar-refractivity contribution in [3.63, 3.8) is 0 Å². The lowest BCUT2D eigenvalue weighted by Gasteiger charge is -2.05. The molecule has 1 aromatic carbocycles. The monoisotopic (exact) mass is 222 g/mol. The number of thiazole rings is 1. The summed E-state index contributed by atoms with van der Waals surface area (Å²) in [7, 11) is 0. The van der Waals surface area contributed by atoms with Crippen LogP contribution in [-0.2, 0) is 13.0 Å². The van der Waals surface area contributed by atoms with Gasteiger partial charge in [0.15, 0.2) is 0 Å². The molecule has 1 aromatic heterocycles. The Kier molecular flexibility index (Phi) is 2.88. The maximum absolute atomic E-state index is 11.7. The maximum atomic E-state index is 11.7. The molecule has 80 valence electrons. The van der Waals surface area contributed by atoms with Gasteiger partial charge in [0, 0.05) is 13.1 Å². The Labute approximate surface area is 92.1 Å². The van der Waals surface area contributed by atoms with Crippen LogP contribution in [0.15, 0.2) is 23.0 Å². The van der Waals surface area contributed by atoms with Crippen molar-refractivity contribution in [1.82, 2.24) is 4.57 Å². The summed E-state index contributed by atoms with van der Waals surface area (Å²) in [5, 5.41) is 0. The molecule has 0 aliphatic heterocycles. The summed E-state index contributed by atoms with van der Waals surface area (Å²) in [6.07, 6.45) is 0.943. The van der Waals surface area contributed by atoms with Crippen LogP contribution in [0.4, 0.5) is 0 Å². The van der Waals surface area contributed by atoms with Crippen LogP contribution >= 0.6 is 11.3 Å². The molecule has 2 N–H and O–H groups in total. The van der Waals surface area contributed by atoms with Gasteiger partial charge in [-0.15, -0.1) is 0 Å². The Morgan fingerprint density at radius 1 is 1.47 bits per heavy atom. The highest BCUT2D eigenvalue weighted by molar-refractivity contribution is 7.16. The van der Waals surface area contributed by atoms with Crippen LogP contribution in [0.1, 0.15) is 12.5 Å². The Balaban J connectivity index is 2.76. The van der Waals surface area contributed by atoms with E-state index in [1.165, 1.54) is 16.9 Å². The molecule has 15 heavy (non-hydrogen) atoms. The van der Waals surface area contributed by atoms with Crippen LogP contribution in [0.25, 0.3) is 10.2 Å². The van der Waals surface area contributed by atoms with Crippen molar-refractivity contribution in [2.24, 2.45) is 5.73 Å². The summed E-state index contributed by atoms with van der Waals surface area (Å²) in [6.45, 7) is 3.21. The first-order chi connectivity index (χ1) is 7.27. The number of fused-ring (bicyclic) bond motifs is 1. The van der Waals surface area contributed by atoms with Crippen LogP contribution < -0.4 is 10.6 Å². The summed E-state index contributed by atoms with van der Waals surface area (Å²) in [6, 6.07) is 6.07. The van der Waals surface area contributed by atoms with Gasteiger partial charge >= 0.3 is 4.87 Å². The first kappa shape index (κ1) is 10.4. The fraction of sp³-hybridized carbons (Fsp3) is 0.364. The number of rotatable bonds is 3. The van der Waals surface area contributed by atoms with Crippen LogP contribution in [-0.4, -0.2) is 11.1 Å². The number of hydrogen-bond acceptors (Lipinski definition) is 3. The van der Waals surface area contributed by atoms with Crippen LogP contribution in [0.2, 0.25) is 0 Å². The molecule has 0 aliphatic carbocycles. The molecule has 4 heteroatoms. The van der Waals surface area contributed by atoms with Gasteiger partial charge in [-0.1, -0.05) is 30.4 Å². The van der Waals surface area contributed by atoms with Gasteiger partial charge in [-0.05, 0) is 18.1 Å². The van der Waals surface area contributed by atoms with Crippen molar-refractivity contribution in [2.45, 2.75) is 19.9 Å². The average Bonchev–Trinajstić information content (AvgIpc) is 2.56. The lowest BCUT2D eigenvalue weighted by atomic mass is 10.1. The number of benzene rings is 1. The lowest BCUT2D eigenvalue weighted by molar-refractivity contribution is 0.718. The van der Waals surface area contributed by atoms with Gasteiger partial charge in [0.2, 0.25) is 0 Å². The van der Waals surface area contributed by atoms with Crippen LogP contribution in [0, 0.1) is 0 Å². The molecule has 2 aromatic rings. The fourth-order valence-electron chi connectivity index (χ4n) is 1.81. The highest BCUT2D eigenvalue weighted by atomic mass is 32.1. The number of nitrogens with two attached hydrogens (primary N) is 1. The summed E-state index contributed by atoms with van der Waals surface area (Å²) in [5.41, 5.74) is 7.81. The predicted octanol–water partition coefficient (Wildman–Crippen LogP) is 1.58. The van der Waals surface area contributed by atoms with E-state index in [-0.39, 0.29) is 4.87 Å². The maximum Gasteiger partial charge on any atom is 0.308 e. The van der Waals surface area contributed by atoms with Crippen molar-refractivity contribution in [2.75, 3.05) is 6.54 Å². The zero-order chi connectivity index (χ0) is 10.8. The van der Waals surface area contributed by atoms with Crippen molar-refractivity contribution < 1.29 is 0 Å². The van der Waals surface area contributed by atoms with Crippen molar-refractivity contribution >= 4 is 21.6 Å². The van der Waals surface area contributed by atoms with Crippen LogP contribution in [0.5, 0.6) is 0 Å². The van der Waals surface area contributed by atoms with E-state index >= 15 is 0 Å². The van der Waals surface area contributed by atoms with Crippen molar-refractivity contribution in [3.8, 4) is 0 Å². The highest BCUT2D eigenvalue weighted by Crippen LogP contribution is 2.21. The molecule has 0 fully saturated rings. The predicted molar refractivity (Wildman–Crippen MR) is 64.5 cm³/mol. The Morgan fingerprint density at radius 2 is 2.27 bits per heavy atom. The first-order valence-electron chi connectivity index (χ1n) is 5.09. The van der Waals surface area contributed by atoms with E-state index in [2.05, 4.69) is 13.0 Å². The minimum Gasteiger partial charge on any atom is -0.329 e. The molecular weight excluding hydrogens is 208 g/mol. The van der Waals surface area contributed by atoms with E-state index in [1.54, 1.807) is 4.57 Å². The highest BCUT2D eigenvalue weighted by Gasteiger charge is 2.09. The van der Waals surface area contributed by atoms with Gasteiger partial charge in [0.25, 0.3) is 0 Å². The van der Waals surface area contributed by atoms with Crippen LogP contribution in [0.3, 0.4) is 0 Å². The van der Waals surface area contributed by atoms with Gasteiger partial charge in [0.05, 0.1) is 10.2 Å². The molecule has 0 saturated carbocycles. The molecule has 0 radical (unpaired) electrons. The smallest absolute Gasteiger partial charge is 0.308 e. The average molecular weight is 222 g/mol. The second kappa shape index (κ2) is 4.16. The third-order valence-corrected chi connectivity index (χ3v) is 3.45. The Hall–Kier alpha value is -1.13. The zero-order valence-corrected chi connectivity index (χ0v) is 9.51. The van der Waals surface area contributed by atoms with Gasteiger partial charge in [0.1, 0.15) is 0 Å². The van der Waals surface area contributed by atoms with E-state index in [1.807, 2.05) is 12.1 Å². The molecular formula is C11H14N2OS. The molecule has 2 rings (SSSR count). The second-order valence-electron chi connectivity index (χ2n) is 3.43. The number of aryl methyl sites for hydroxylation is 1. The van der Waals surface area contributed by atoms with Gasteiger partial charge in [-0.2, -0.15) is 0 Å². The number of nitrogens with zero attached hydrogens (tertiary/aromatic N) is 1. The number of para-hydroxylation sites is 1. The van der Waals surface area contributed by atoms with E-state index in [0.29, 0.717) is 13.1 Å². The largest absolute Gasteiger partial charge is 0.329 e. The molecule has 0 atom stereocenters. The van der Waals surface area contributed by atoms with Gasteiger partial charge in [-0.25, -0.2) is 0 Å². The van der Waals surface area contributed by atoms with Gasteiger partial charge in [-0.3, -0.25) is 9.36 Å². The zero-order valence-electron chi connectivity index (χ0n) is 8.69. The molecule has 0 saturated heterocycles. The van der Waals surface area contributed by atoms with Crippen molar-refractivity contribution in [1.29, 1.82) is 0 Å². The van der Waals surface area contributed by atoms with E-state index in [4.69, 9.17) is 5.73 Å². The fourth-order valence-corrected chi connectivity index (χ4v) is 2.78. The van der Waals surface area contributed by atoms with Crippen molar-refractivity contribution in [3.05, 3.63) is 33.4 Å². The topological polar surface area (TPSA) is 48.0 Å². The van der Waals surface area contributed by atoms with E-state index in [9.17, 15) is 4.79 Å².